The molecule has 0 N–H and O–H groups in total. The van der Waals surface area contributed by atoms with E-state index in [-0.39, 0.29) is 37.5 Å². The molecule has 0 aromatic heterocycles. The van der Waals surface area contributed by atoms with Gasteiger partial charge in [0, 0.05) is 19.3 Å². The quantitative estimate of drug-likeness (QED) is 0.0199. The van der Waals surface area contributed by atoms with E-state index in [0.717, 1.165) is 64.2 Å². The minimum absolute atomic E-state index is 0.117. The number of esters is 3. The van der Waals surface area contributed by atoms with Crippen molar-refractivity contribution < 1.29 is 28.6 Å². The molecule has 0 amide bonds. The van der Waals surface area contributed by atoms with Crippen LogP contribution in [0.4, 0.5) is 0 Å². The molecule has 0 saturated carbocycles. The predicted octanol–water partition coefficient (Wildman–Crippen LogP) is 17.4. The Morgan fingerprint density at radius 2 is 0.703 bits per heavy atom. The molecule has 0 saturated heterocycles. The smallest absolute Gasteiger partial charge is 0.306 e. The van der Waals surface area contributed by atoms with Crippen LogP contribution in [0.1, 0.15) is 233 Å². The van der Waals surface area contributed by atoms with E-state index in [0.29, 0.717) is 19.3 Å². The molecule has 0 aliphatic rings. The van der Waals surface area contributed by atoms with Crippen molar-refractivity contribution in [2.75, 3.05) is 13.2 Å². The summed E-state index contributed by atoms with van der Waals surface area (Å²) in [6, 6.07) is 0. The summed E-state index contributed by atoms with van der Waals surface area (Å²) in [7, 11) is 0. The molecule has 0 spiro atoms. The average molecular weight is 889 g/mol. The summed E-state index contributed by atoms with van der Waals surface area (Å²) in [5.41, 5.74) is 0. The topological polar surface area (TPSA) is 78.9 Å². The second-order valence-corrected chi connectivity index (χ2v) is 17.2. The van der Waals surface area contributed by atoms with Gasteiger partial charge in [-0.1, -0.05) is 253 Å². The van der Waals surface area contributed by atoms with E-state index < -0.39 is 6.10 Å². The molecule has 0 fully saturated rings. The molecular formula is C58H96O6. The van der Waals surface area contributed by atoms with E-state index in [1.165, 1.54) is 122 Å². The zero-order chi connectivity index (χ0) is 46.5. The number of hydrogen-bond acceptors (Lipinski definition) is 6. The SMILES string of the molecule is CC/C=C/C=C/C=C/C=C/C=C/C=C/CCCCCC(=O)OCC(COC(=O)CC/C=C/C/C=C/CCCCCCCC)OC(=O)CCCCCCCCCCCCCCCCCC. The molecule has 6 heteroatoms. The first kappa shape index (κ1) is 60.3. The Balaban J connectivity index is 4.53. The third-order valence-corrected chi connectivity index (χ3v) is 11.0. The van der Waals surface area contributed by atoms with E-state index in [1.54, 1.807) is 0 Å². The first-order valence-corrected chi connectivity index (χ1v) is 26.3. The molecule has 0 radical (unpaired) electrons. The van der Waals surface area contributed by atoms with Crippen LogP contribution in [0, 0.1) is 0 Å². The van der Waals surface area contributed by atoms with E-state index in [9.17, 15) is 14.4 Å². The van der Waals surface area contributed by atoms with Crippen molar-refractivity contribution in [1.29, 1.82) is 0 Å². The largest absolute Gasteiger partial charge is 0.462 e. The van der Waals surface area contributed by atoms with Crippen LogP contribution in [0.15, 0.2) is 97.2 Å². The van der Waals surface area contributed by atoms with Crippen molar-refractivity contribution in [2.24, 2.45) is 0 Å². The normalized spacial score (nSPS) is 12.9. The Hall–Kier alpha value is -3.67. The number of hydrogen-bond donors (Lipinski definition) is 0. The molecule has 64 heavy (non-hydrogen) atoms. The van der Waals surface area contributed by atoms with Gasteiger partial charge in [0.05, 0.1) is 0 Å². The van der Waals surface area contributed by atoms with Gasteiger partial charge in [-0.15, -0.1) is 0 Å². The lowest BCUT2D eigenvalue weighted by Crippen LogP contribution is -2.30. The maximum atomic E-state index is 12.8. The molecule has 0 aromatic carbocycles. The Kier molecular flexibility index (Phi) is 49.0. The molecule has 0 bridgehead atoms. The molecule has 1 unspecified atom stereocenters. The van der Waals surface area contributed by atoms with Crippen LogP contribution < -0.4 is 0 Å². The number of unbranched alkanes of at least 4 members (excludes halogenated alkanes) is 24. The summed E-state index contributed by atoms with van der Waals surface area (Å²) in [5, 5.41) is 0. The molecule has 0 aliphatic carbocycles. The number of carbonyl (C=O) groups excluding carboxylic acids is 3. The summed E-state index contributed by atoms with van der Waals surface area (Å²) in [6.07, 6.45) is 68.3. The van der Waals surface area contributed by atoms with Crippen LogP contribution in [0.25, 0.3) is 0 Å². The van der Waals surface area contributed by atoms with Crippen LogP contribution in [0.2, 0.25) is 0 Å². The van der Waals surface area contributed by atoms with Gasteiger partial charge < -0.3 is 14.2 Å². The zero-order valence-corrected chi connectivity index (χ0v) is 41.5. The average Bonchev–Trinajstić information content (AvgIpc) is 3.29. The molecule has 0 aromatic rings. The first-order valence-electron chi connectivity index (χ1n) is 26.3. The summed E-state index contributed by atoms with van der Waals surface area (Å²) in [4.78, 5) is 38.0. The van der Waals surface area contributed by atoms with Gasteiger partial charge in [-0.05, 0) is 57.8 Å². The fourth-order valence-corrected chi connectivity index (χ4v) is 7.06. The Labute approximate surface area is 394 Å². The van der Waals surface area contributed by atoms with Crippen molar-refractivity contribution in [1.82, 2.24) is 0 Å². The highest BCUT2D eigenvalue weighted by Gasteiger charge is 2.19. The Morgan fingerprint density at radius 3 is 1.19 bits per heavy atom. The second kappa shape index (κ2) is 52.0. The van der Waals surface area contributed by atoms with Gasteiger partial charge in [-0.25, -0.2) is 0 Å². The monoisotopic (exact) mass is 889 g/mol. The summed E-state index contributed by atoms with van der Waals surface area (Å²) in [6.45, 7) is 6.40. The van der Waals surface area contributed by atoms with E-state index in [2.05, 4.69) is 51.2 Å². The Bertz CT molecular complexity index is 1300. The third kappa shape index (κ3) is 49.3. The van der Waals surface area contributed by atoms with Crippen LogP contribution in [0.5, 0.6) is 0 Å². The van der Waals surface area contributed by atoms with Crippen molar-refractivity contribution in [3.05, 3.63) is 97.2 Å². The van der Waals surface area contributed by atoms with Crippen molar-refractivity contribution in [3.63, 3.8) is 0 Å². The first-order chi connectivity index (χ1) is 31.5. The van der Waals surface area contributed by atoms with Gasteiger partial charge in [0.25, 0.3) is 0 Å². The minimum atomic E-state index is -0.817. The lowest BCUT2D eigenvalue weighted by Gasteiger charge is -2.18. The van der Waals surface area contributed by atoms with Crippen molar-refractivity contribution in [2.45, 2.75) is 239 Å². The zero-order valence-electron chi connectivity index (χ0n) is 41.5. The van der Waals surface area contributed by atoms with Crippen LogP contribution in [-0.2, 0) is 28.6 Å². The van der Waals surface area contributed by atoms with E-state index in [1.807, 2.05) is 66.8 Å². The minimum Gasteiger partial charge on any atom is -0.462 e. The molecule has 0 rings (SSSR count). The van der Waals surface area contributed by atoms with Gasteiger partial charge in [0.2, 0.25) is 0 Å². The predicted molar refractivity (Wildman–Crippen MR) is 274 cm³/mol. The second-order valence-electron chi connectivity index (χ2n) is 17.2. The maximum Gasteiger partial charge on any atom is 0.306 e. The van der Waals surface area contributed by atoms with Crippen LogP contribution in [0.3, 0.4) is 0 Å². The molecule has 1 atom stereocenters. The maximum absolute atomic E-state index is 12.8. The number of carbonyl (C=O) groups is 3. The van der Waals surface area contributed by atoms with Gasteiger partial charge in [0.15, 0.2) is 6.10 Å². The van der Waals surface area contributed by atoms with Gasteiger partial charge >= 0.3 is 17.9 Å². The number of ether oxygens (including phenoxy) is 3. The standard InChI is InChI=1S/C58H96O6/c1-4-7-10-13-16-19-22-25-27-29-31-33-36-39-42-45-48-51-57(60)63-54-55(53-62-56(59)50-47-44-41-38-35-32-24-21-18-15-12-9-6-3)64-58(61)52-49-46-43-40-37-34-30-28-26-23-20-17-14-11-8-5-2/h7,10,13,16,19,22,25,27,29,31-33,35-36,41,44,55H,4-6,8-9,11-12,14-15,17-18,20-21,23-24,26,28,30,34,37-40,42-43,45-54H2,1-3H3/b10-7+,16-13+,22-19+,27-25+,31-29+,35-32+,36-33+,44-41+. The lowest BCUT2D eigenvalue weighted by atomic mass is 10.0. The fraction of sp³-hybridized carbons (Fsp3) is 0.672. The summed E-state index contributed by atoms with van der Waals surface area (Å²) < 4.78 is 16.7. The molecule has 0 aliphatic heterocycles. The van der Waals surface area contributed by atoms with Crippen molar-refractivity contribution >= 4 is 17.9 Å². The van der Waals surface area contributed by atoms with E-state index >= 15 is 0 Å². The number of rotatable bonds is 46. The lowest BCUT2D eigenvalue weighted by molar-refractivity contribution is -0.166. The highest BCUT2D eigenvalue weighted by molar-refractivity contribution is 5.71. The van der Waals surface area contributed by atoms with Crippen LogP contribution in [-0.4, -0.2) is 37.2 Å². The van der Waals surface area contributed by atoms with E-state index in [4.69, 9.17) is 14.2 Å². The molecular weight excluding hydrogens is 793 g/mol. The van der Waals surface area contributed by atoms with Gasteiger partial charge in [0.1, 0.15) is 13.2 Å². The molecule has 0 heterocycles. The fourth-order valence-electron chi connectivity index (χ4n) is 7.06. The van der Waals surface area contributed by atoms with Crippen LogP contribution >= 0.6 is 0 Å². The molecule has 364 valence electrons. The van der Waals surface area contributed by atoms with Crippen molar-refractivity contribution in [3.8, 4) is 0 Å². The Morgan fingerprint density at radius 1 is 0.344 bits per heavy atom. The third-order valence-electron chi connectivity index (χ3n) is 11.0. The highest BCUT2D eigenvalue weighted by Crippen LogP contribution is 2.15. The van der Waals surface area contributed by atoms with Gasteiger partial charge in [-0.2, -0.15) is 0 Å². The highest BCUT2D eigenvalue weighted by atomic mass is 16.6. The summed E-state index contributed by atoms with van der Waals surface area (Å²) >= 11 is 0. The molecule has 6 nitrogen and oxygen atoms in total. The number of allylic oxidation sites excluding steroid dienone is 16. The summed E-state index contributed by atoms with van der Waals surface area (Å²) in [5.74, 6) is -1.02. The van der Waals surface area contributed by atoms with Gasteiger partial charge in [-0.3, -0.25) is 14.4 Å².